The van der Waals surface area contributed by atoms with Gasteiger partial charge in [-0.15, -0.1) is 0 Å². The molecule has 0 radical (unpaired) electrons. The first kappa shape index (κ1) is 17.0. The first-order valence-corrected chi connectivity index (χ1v) is 7.66. The Bertz CT molecular complexity index is 542. The summed E-state index contributed by atoms with van der Waals surface area (Å²) in [5, 5.41) is 4.92. The van der Waals surface area contributed by atoms with Crippen LogP contribution in [-0.4, -0.2) is 48.3 Å². The fraction of sp³-hybridized carbons (Fsp3) is 0.438. The maximum atomic E-state index is 12.0. The van der Waals surface area contributed by atoms with Gasteiger partial charge in [-0.05, 0) is 18.4 Å². The Morgan fingerprint density at radius 3 is 2.48 bits per heavy atom. The van der Waals surface area contributed by atoms with Crippen molar-refractivity contribution in [3.05, 3.63) is 35.9 Å². The van der Waals surface area contributed by atoms with E-state index in [1.165, 1.54) is 5.56 Å². The second-order valence-corrected chi connectivity index (χ2v) is 5.66. The Morgan fingerprint density at radius 1 is 1.26 bits per heavy atom. The molecular weight excluding hydrogens is 296 g/mol. The number of carbonyl (C=O) groups excluding carboxylic acids is 3. The summed E-state index contributed by atoms with van der Waals surface area (Å²) in [5.74, 6) is -1.41. The summed E-state index contributed by atoms with van der Waals surface area (Å²) in [4.78, 5) is 35.9. The van der Waals surface area contributed by atoms with Crippen LogP contribution in [0.5, 0.6) is 0 Å². The van der Waals surface area contributed by atoms with E-state index in [2.05, 4.69) is 27.7 Å². The Morgan fingerprint density at radius 2 is 1.91 bits per heavy atom. The number of hydrogen-bond acceptors (Lipinski definition) is 4. The van der Waals surface area contributed by atoms with E-state index in [1.807, 2.05) is 18.2 Å². The van der Waals surface area contributed by atoms with Crippen molar-refractivity contribution in [3.63, 3.8) is 0 Å². The zero-order valence-electron chi connectivity index (χ0n) is 12.9. The molecule has 1 aliphatic heterocycles. The standard InChI is InChI=1S/C16H22N4O3/c17-15(22)14(18-11-21)16(23)19-13-6-8-20(9-7-13)10-12-4-2-1-3-5-12/h1-5,11,13-14H,6-10H2,(H2,17,22)(H,18,21)(H,19,23). The van der Waals surface area contributed by atoms with Crippen molar-refractivity contribution >= 4 is 18.2 Å². The number of rotatable bonds is 7. The second kappa shape index (κ2) is 8.28. The molecule has 2 rings (SSSR count). The van der Waals surface area contributed by atoms with Gasteiger partial charge in [0.05, 0.1) is 0 Å². The summed E-state index contributed by atoms with van der Waals surface area (Å²) in [7, 11) is 0. The summed E-state index contributed by atoms with van der Waals surface area (Å²) in [6.07, 6.45) is 1.90. The third-order valence-electron chi connectivity index (χ3n) is 3.96. The fourth-order valence-corrected chi connectivity index (χ4v) is 2.72. The van der Waals surface area contributed by atoms with Crippen LogP contribution in [0.25, 0.3) is 0 Å². The normalized spacial score (nSPS) is 17.2. The average Bonchev–Trinajstić information content (AvgIpc) is 2.55. The number of amides is 3. The molecule has 3 amide bonds. The Hall–Kier alpha value is -2.41. The predicted molar refractivity (Wildman–Crippen MR) is 85.1 cm³/mol. The van der Waals surface area contributed by atoms with E-state index < -0.39 is 17.9 Å². The Balaban J connectivity index is 1.79. The molecule has 1 unspecified atom stereocenters. The zero-order valence-corrected chi connectivity index (χ0v) is 12.9. The van der Waals surface area contributed by atoms with E-state index in [-0.39, 0.29) is 6.04 Å². The monoisotopic (exact) mass is 318 g/mol. The van der Waals surface area contributed by atoms with Gasteiger partial charge >= 0.3 is 0 Å². The van der Waals surface area contributed by atoms with Crippen molar-refractivity contribution in [3.8, 4) is 0 Å². The molecule has 0 bridgehead atoms. The van der Waals surface area contributed by atoms with E-state index in [4.69, 9.17) is 5.73 Å². The number of nitrogens with one attached hydrogen (secondary N) is 2. The lowest BCUT2D eigenvalue weighted by Gasteiger charge is -2.32. The minimum atomic E-state index is -1.31. The van der Waals surface area contributed by atoms with Crippen LogP contribution < -0.4 is 16.4 Å². The van der Waals surface area contributed by atoms with E-state index in [1.54, 1.807) is 0 Å². The van der Waals surface area contributed by atoms with Gasteiger partial charge < -0.3 is 16.4 Å². The van der Waals surface area contributed by atoms with Crippen molar-refractivity contribution in [2.24, 2.45) is 5.73 Å². The highest BCUT2D eigenvalue weighted by atomic mass is 16.2. The molecule has 7 nitrogen and oxygen atoms in total. The van der Waals surface area contributed by atoms with Crippen LogP contribution >= 0.6 is 0 Å². The highest BCUT2D eigenvalue weighted by Crippen LogP contribution is 2.13. The number of nitrogens with two attached hydrogens (primary N) is 1. The summed E-state index contributed by atoms with van der Waals surface area (Å²) in [6.45, 7) is 2.61. The van der Waals surface area contributed by atoms with Crippen molar-refractivity contribution in [2.75, 3.05) is 13.1 Å². The molecule has 1 aromatic carbocycles. The van der Waals surface area contributed by atoms with Crippen LogP contribution in [0.3, 0.4) is 0 Å². The summed E-state index contributed by atoms with van der Waals surface area (Å²) >= 11 is 0. The number of nitrogens with zero attached hydrogens (tertiary/aromatic N) is 1. The molecule has 1 atom stereocenters. The van der Waals surface area contributed by atoms with Gasteiger partial charge in [-0.3, -0.25) is 19.3 Å². The first-order chi connectivity index (χ1) is 11.1. The van der Waals surface area contributed by atoms with Crippen molar-refractivity contribution in [1.82, 2.24) is 15.5 Å². The molecule has 0 spiro atoms. The maximum absolute atomic E-state index is 12.0. The predicted octanol–water partition coefficient (Wildman–Crippen LogP) is -0.633. The van der Waals surface area contributed by atoms with Crippen LogP contribution in [0.15, 0.2) is 30.3 Å². The molecule has 0 saturated carbocycles. The molecule has 1 aliphatic rings. The van der Waals surface area contributed by atoms with Crippen LogP contribution in [0.1, 0.15) is 18.4 Å². The molecule has 7 heteroatoms. The Kier molecular flexibility index (Phi) is 6.10. The number of piperidine rings is 1. The number of primary amides is 1. The molecule has 0 aromatic heterocycles. The topological polar surface area (TPSA) is 105 Å². The second-order valence-electron chi connectivity index (χ2n) is 5.66. The van der Waals surface area contributed by atoms with E-state index in [9.17, 15) is 14.4 Å². The van der Waals surface area contributed by atoms with Crippen molar-refractivity contribution < 1.29 is 14.4 Å². The number of likely N-dealkylation sites (tertiary alicyclic amines) is 1. The van der Waals surface area contributed by atoms with Gasteiger partial charge in [0.15, 0.2) is 6.04 Å². The largest absolute Gasteiger partial charge is 0.367 e. The van der Waals surface area contributed by atoms with Crippen molar-refractivity contribution in [2.45, 2.75) is 31.5 Å². The Labute approximate surface area is 135 Å². The van der Waals surface area contributed by atoms with Crippen LogP contribution in [0, 0.1) is 0 Å². The van der Waals surface area contributed by atoms with Crippen molar-refractivity contribution in [1.29, 1.82) is 0 Å². The quantitative estimate of drug-likeness (QED) is 0.460. The van der Waals surface area contributed by atoms with E-state index >= 15 is 0 Å². The molecule has 1 saturated heterocycles. The minimum Gasteiger partial charge on any atom is -0.367 e. The van der Waals surface area contributed by atoms with E-state index in [0.717, 1.165) is 32.5 Å². The lowest BCUT2D eigenvalue weighted by Crippen LogP contribution is -2.55. The van der Waals surface area contributed by atoms with Gasteiger partial charge in [0, 0.05) is 25.7 Å². The number of benzene rings is 1. The van der Waals surface area contributed by atoms with E-state index in [0.29, 0.717) is 6.41 Å². The third-order valence-corrected chi connectivity index (χ3v) is 3.96. The lowest BCUT2D eigenvalue weighted by atomic mass is 10.0. The lowest BCUT2D eigenvalue weighted by molar-refractivity contribution is -0.133. The highest BCUT2D eigenvalue weighted by molar-refractivity contribution is 6.05. The van der Waals surface area contributed by atoms with Crippen LogP contribution in [-0.2, 0) is 20.9 Å². The molecule has 1 fully saturated rings. The SMILES string of the molecule is NC(=O)C(NC=O)C(=O)NC1CCN(Cc2ccccc2)CC1. The summed E-state index contributed by atoms with van der Waals surface area (Å²) < 4.78 is 0. The number of carbonyl (C=O) groups is 3. The van der Waals surface area contributed by atoms with Crippen LogP contribution in [0.4, 0.5) is 0 Å². The minimum absolute atomic E-state index is 0.00942. The molecule has 23 heavy (non-hydrogen) atoms. The molecule has 0 aliphatic carbocycles. The number of hydrogen-bond donors (Lipinski definition) is 3. The molecule has 1 heterocycles. The third kappa shape index (κ3) is 5.07. The fourth-order valence-electron chi connectivity index (χ4n) is 2.72. The maximum Gasteiger partial charge on any atom is 0.252 e. The average molecular weight is 318 g/mol. The van der Waals surface area contributed by atoms with Crippen LogP contribution in [0.2, 0.25) is 0 Å². The van der Waals surface area contributed by atoms with Gasteiger partial charge in [-0.2, -0.15) is 0 Å². The van der Waals surface area contributed by atoms with Gasteiger partial charge in [-0.1, -0.05) is 30.3 Å². The van der Waals surface area contributed by atoms with Gasteiger partial charge in [0.2, 0.25) is 12.3 Å². The zero-order chi connectivity index (χ0) is 16.7. The smallest absolute Gasteiger partial charge is 0.252 e. The highest BCUT2D eigenvalue weighted by Gasteiger charge is 2.27. The molecular formula is C16H22N4O3. The van der Waals surface area contributed by atoms with Gasteiger partial charge in [0.25, 0.3) is 5.91 Å². The van der Waals surface area contributed by atoms with Gasteiger partial charge in [-0.25, -0.2) is 0 Å². The molecule has 1 aromatic rings. The van der Waals surface area contributed by atoms with Gasteiger partial charge in [0.1, 0.15) is 0 Å². The first-order valence-electron chi connectivity index (χ1n) is 7.66. The molecule has 4 N–H and O–H groups in total. The molecule has 124 valence electrons. The summed E-state index contributed by atoms with van der Waals surface area (Å²) in [6, 6.07) is 8.90. The summed E-state index contributed by atoms with van der Waals surface area (Å²) in [5.41, 5.74) is 6.37.